The molecule has 0 atom stereocenters. The normalized spacial score (nSPS) is 17.5. The van der Waals surface area contributed by atoms with E-state index in [1.165, 1.54) is 0 Å². The highest BCUT2D eigenvalue weighted by atomic mass is 19.1. The van der Waals surface area contributed by atoms with E-state index in [1.807, 2.05) is 6.07 Å². The lowest BCUT2D eigenvalue weighted by Gasteiger charge is -2.15. The molecule has 0 spiro atoms. The Labute approximate surface area is 102 Å². The molecule has 0 aromatic heterocycles. The first-order chi connectivity index (χ1) is 8.04. The third kappa shape index (κ3) is 3.05. The average Bonchev–Trinajstić information content (AvgIpc) is 3.06. The van der Waals surface area contributed by atoms with Gasteiger partial charge in [-0.1, -0.05) is 19.9 Å². The second-order valence-corrected chi connectivity index (χ2v) is 5.34. The summed E-state index contributed by atoms with van der Waals surface area (Å²) in [5.41, 5.74) is 1.88. The van der Waals surface area contributed by atoms with Crippen LogP contribution in [-0.4, -0.2) is 17.3 Å². The quantitative estimate of drug-likeness (QED) is 0.825. The molecular weight excluding hydrogens is 217 g/mol. The van der Waals surface area contributed by atoms with Crippen molar-refractivity contribution in [2.75, 3.05) is 6.61 Å². The number of hydrogen-bond donors (Lipinski definition) is 2. The third-order valence-corrected chi connectivity index (χ3v) is 3.47. The lowest BCUT2D eigenvalue weighted by molar-refractivity contribution is 0.229. The van der Waals surface area contributed by atoms with Crippen LogP contribution in [0.1, 0.15) is 43.7 Å². The minimum atomic E-state index is -0.179. The summed E-state index contributed by atoms with van der Waals surface area (Å²) in [6.45, 7) is 4.90. The van der Waals surface area contributed by atoms with E-state index in [0.717, 1.165) is 24.0 Å². The molecule has 2 N–H and O–H groups in total. The fourth-order valence-corrected chi connectivity index (χ4v) is 1.94. The molecule has 2 rings (SSSR count). The summed E-state index contributed by atoms with van der Waals surface area (Å²) < 4.78 is 13.4. The first-order valence-electron chi connectivity index (χ1n) is 6.20. The average molecular weight is 237 g/mol. The van der Waals surface area contributed by atoms with Crippen LogP contribution in [0, 0.1) is 5.82 Å². The van der Waals surface area contributed by atoms with E-state index < -0.39 is 0 Å². The minimum Gasteiger partial charge on any atom is -0.394 e. The van der Waals surface area contributed by atoms with Gasteiger partial charge in [-0.25, -0.2) is 4.39 Å². The molecule has 94 valence electrons. The van der Waals surface area contributed by atoms with Gasteiger partial charge in [0.15, 0.2) is 0 Å². The molecule has 0 heterocycles. The zero-order valence-corrected chi connectivity index (χ0v) is 10.5. The molecule has 0 radical (unpaired) electrons. The van der Waals surface area contributed by atoms with E-state index in [9.17, 15) is 9.50 Å². The molecule has 1 aliphatic carbocycles. The molecule has 3 heteroatoms. The van der Waals surface area contributed by atoms with Gasteiger partial charge < -0.3 is 10.4 Å². The first-order valence-corrected chi connectivity index (χ1v) is 6.20. The number of nitrogens with one attached hydrogen (secondary N) is 1. The van der Waals surface area contributed by atoms with Crippen LogP contribution < -0.4 is 5.32 Å². The van der Waals surface area contributed by atoms with Crippen molar-refractivity contribution in [1.82, 2.24) is 5.32 Å². The minimum absolute atomic E-state index is 0.0929. The van der Waals surface area contributed by atoms with Crippen LogP contribution in [0.4, 0.5) is 4.39 Å². The molecule has 1 fully saturated rings. The maximum absolute atomic E-state index is 13.4. The monoisotopic (exact) mass is 237 g/mol. The van der Waals surface area contributed by atoms with Gasteiger partial charge in [0, 0.05) is 12.1 Å². The van der Waals surface area contributed by atoms with Crippen LogP contribution >= 0.6 is 0 Å². The van der Waals surface area contributed by atoms with E-state index in [1.54, 1.807) is 12.1 Å². The lowest BCUT2D eigenvalue weighted by atomic mass is 10.0. The molecule has 1 saturated carbocycles. The van der Waals surface area contributed by atoms with E-state index in [4.69, 9.17) is 0 Å². The highest BCUT2D eigenvalue weighted by Crippen LogP contribution is 2.34. The second kappa shape index (κ2) is 4.75. The second-order valence-electron chi connectivity index (χ2n) is 5.34. The molecule has 0 unspecified atom stereocenters. The zero-order valence-electron chi connectivity index (χ0n) is 10.5. The molecule has 0 aliphatic heterocycles. The number of aliphatic hydroxyl groups is 1. The Morgan fingerprint density at radius 3 is 2.59 bits per heavy atom. The van der Waals surface area contributed by atoms with Crippen LogP contribution in [0.2, 0.25) is 0 Å². The van der Waals surface area contributed by atoms with Crippen LogP contribution in [0.5, 0.6) is 0 Å². The van der Waals surface area contributed by atoms with Gasteiger partial charge in [-0.15, -0.1) is 0 Å². The van der Waals surface area contributed by atoms with Crippen molar-refractivity contribution in [3.05, 3.63) is 35.1 Å². The first kappa shape index (κ1) is 12.5. The van der Waals surface area contributed by atoms with Crippen molar-refractivity contribution in [3.8, 4) is 0 Å². The van der Waals surface area contributed by atoms with Crippen molar-refractivity contribution in [3.63, 3.8) is 0 Å². The zero-order chi connectivity index (χ0) is 12.5. The van der Waals surface area contributed by atoms with Gasteiger partial charge >= 0.3 is 0 Å². The van der Waals surface area contributed by atoms with Gasteiger partial charge in [0.25, 0.3) is 0 Å². The molecule has 0 amide bonds. The Hall–Kier alpha value is -0.930. The standard InChI is InChI=1S/C14H20FNO/c1-10(2)12-5-11(6-13(15)7-12)8-16-14(9-17)3-4-14/h5-7,10,16-17H,3-4,8-9H2,1-2H3. The molecule has 0 saturated heterocycles. The molecule has 1 aromatic rings. The summed E-state index contributed by atoms with van der Waals surface area (Å²) >= 11 is 0. The van der Waals surface area contributed by atoms with Crippen LogP contribution in [-0.2, 0) is 6.54 Å². The van der Waals surface area contributed by atoms with E-state index in [2.05, 4.69) is 19.2 Å². The Morgan fingerprint density at radius 2 is 2.06 bits per heavy atom. The number of benzene rings is 1. The summed E-state index contributed by atoms with van der Waals surface area (Å²) in [4.78, 5) is 0. The SMILES string of the molecule is CC(C)c1cc(F)cc(CNC2(CO)CC2)c1. The third-order valence-electron chi connectivity index (χ3n) is 3.47. The molecule has 1 aliphatic rings. The van der Waals surface area contributed by atoms with Gasteiger partial charge in [-0.05, 0) is 42.0 Å². The summed E-state index contributed by atoms with van der Waals surface area (Å²) in [6, 6.07) is 5.19. The number of halogens is 1. The fourth-order valence-electron chi connectivity index (χ4n) is 1.94. The van der Waals surface area contributed by atoms with Gasteiger partial charge in [-0.3, -0.25) is 0 Å². The Balaban J connectivity index is 2.05. The van der Waals surface area contributed by atoms with Gasteiger partial charge in [0.1, 0.15) is 5.82 Å². The number of aliphatic hydroxyl groups excluding tert-OH is 1. The van der Waals surface area contributed by atoms with E-state index >= 15 is 0 Å². The topological polar surface area (TPSA) is 32.3 Å². The molecule has 1 aromatic carbocycles. The predicted molar refractivity (Wildman–Crippen MR) is 66.4 cm³/mol. The summed E-state index contributed by atoms with van der Waals surface area (Å²) in [5, 5.41) is 12.5. The Bertz CT molecular complexity index is 399. The van der Waals surface area contributed by atoms with Crippen LogP contribution in [0.25, 0.3) is 0 Å². The van der Waals surface area contributed by atoms with E-state index in [0.29, 0.717) is 12.5 Å². The highest BCUT2D eigenvalue weighted by molar-refractivity contribution is 5.27. The molecule has 17 heavy (non-hydrogen) atoms. The van der Waals surface area contributed by atoms with Gasteiger partial charge in [0.05, 0.1) is 6.61 Å². The predicted octanol–water partition coefficient (Wildman–Crippen LogP) is 2.56. The lowest BCUT2D eigenvalue weighted by Crippen LogP contribution is -2.34. The largest absolute Gasteiger partial charge is 0.394 e. The van der Waals surface area contributed by atoms with Crippen molar-refractivity contribution in [2.24, 2.45) is 0 Å². The Morgan fingerprint density at radius 1 is 1.35 bits per heavy atom. The number of hydrogen-bond acceptors (Lipinski definition) is 2. The maximum Gasteiger partial charge on any atom is 0.123 e. The van der Waals surface area contributed by atoms with Crippen molar-refractivity contribution in [1.29, 1.82) is 0 Å². The smallest absolute Gasteiger partial charge is 0.123 e. The van der Waals surface area contributed by atoms with Crippen molar-refractivity contribution >= 4 is 0 Å². The summed E-state index contributed by atoms with van der Waals surface area (Å²) in [6.07, 6.45) is 2.02. The van der Waals surface area contributed by atoms with Crippen LogP contribution in [0.15, 0.2) is 18.2 Å². The molecule has 0 bridgehead atoms. The van der Waals surface area contributed by atoms with Crippen molar-refractivity contribution < 1.29 is 9.50 Å². The number of rotatable bonds is 5. The highest BCUT2D eigenvalue weighted by Gasteiger charge is 2.41. The van der Waals surface area contributed by atoms with Crippen molar-refractivity contribution in [2.45, 2.75) is 44.7 Å². The summed E-state index contributed by atoms with van der Waals surface area (Å²) in [7, 11) is 0. The fraction of sp³-hybridized carbons (Fsp3) is 0.571. The van der Waals surface area contributed by atoms with Gasteiger partial charge in [0.2, 0.25) is 0 Å². The van der Waals surface area contributed by atoms with Crippen LogP contribution in [0.3, 0.4) is 0 Å². The summed E-state index contributed by atoms with van der Waals surface area (Å²) in [5.74, 6) is 0.152. The molecular formula is C14H20FNO. The molecule has 2 nitrogen and oxygen atoms in total. The maximum atomic E-state index is 13.4. The van der Waals surface area contributed by atoms with E-state index in [-0.39, 0.29) is 18.0 Å². The van der Waals surface area contributed by atoms with Gasteiger partial charge in [-0.2, -0.15) is 0 Å². The Kier molecular flexibility index (Phi) is 3.50.